The van der Waals surface area contributed by atoms with Crippen LogP contribution >= 0.6 is 11.3 Å². The molecule has 1 saturated heterocycles. The van der Waals surface area contributed by atoms with E-state index >= 15 is 0 Å². The number of fused-ring (bicyclic) bond motifs is 1. The molecule has 1 aliphatic heterocycles. The van der Waals surface area contributed by atoms with Gasteiger partial charge in [-0.25, -0.2) is 9.50 Å². The molecule has 1 aliphatic carbocycles. The van der Waals surface area contributed by atoms with Crippen molar-refractivity contribution in [2.75, 3.05) is 37.6 Å². The molecule has 4 rings (SSSR count). The van der Waals surface area contributed by atoms with Crippen LogP contribution in [0.3, 0.4) is 0 Å². The van der Waals surface area contributed by atoms with Crippen molar-refractivity contribution in [3.63, 3.8) is 0 Å². The lowest BCUT2D eigenvalue weighted by Crippen LogP contribution is -2.51. The summed E-state index contributed by atoms with van der Waals surface area (Å²) in [5.74, 6) is 0.913. The fraction of sp³-hybridized carbons (Fsp3) is 0.762. The Balaban J connectivity index is 1.27. The van der Waals surface area contributed by atoms with Crippen molar-refractivity contribution in [2.24, 2.45) is 5.92 Å². The lowest BCUT2D eigenvalue weighted by atomic mass is 9.87. The minimum absolute atomic E-state index is 0.0372. The van der Waals surface area contributed by atoms with Crippen LogP contribution in [-0.4, -0.2) is 64.2 Å². The number of anilines is 1. The van der Waals surface area contributed by atoms with E-state index in [1.165, 1.54) is 12.8 Å². The van der Waals surface area contributed by atoms with E-state index in [2.05, 4.69) is 42.8 Å². The molecule has 7 nitrogen and oxygen atoms in total. The largest absolute Gasteiger partial charge is 0.352 e. The third kappa shape index (κ3) is 4.91. The predicted molar refractivity (Wildman–Crippen MR) is 118 cm³/mol. The van der Waals surface area contributed by atoms with Gasteiger partial charge in [0.05, 0.1) is 18.4 Å². The van der Waals surface area contributed by atoms with Gasteiger partial charge in [0.15, 0.2) is 0 Å². The Morgan fingerprint density at radius 2 is 2.00 bits per heavy atom. The van der Waals surface area contributed by atoms with Crippen molar-refractivity contribution in [1.29, 1.82) is 0 Å². The van der Waals surface area contributed by atoms with Crippen LogP contribution in [0.2, 0.25) is 0 Å². The number of carbonyl (C=O) groups is 1. The van der Waals surface area contributed by atoms with Crippen molar-refractivity contribution in [2.45, 2.75) is 64.8 Å². The number of carbonyl (C=O) groups excluding carboxylic acids is 1. The van der Waals surface area contributed by atoms with Crippen LogP contribution in [-0.2, 0) is 10.2 Å². The Bertz CT molecular complexity index is 814. The molecule has 2 aromatic rings. The van der Waals surface area contributed by atoms with Gasteiger partial charge in [0.25, 0.3) is 0 Å². The van der Waals surface area contributed by atoms with E-state index in [0.717, 1.165) is 60.7 Å². The highest BCUT2D eigenvalue weighted by Crippen LogP contribution is 2.28. The van der Waals surface area contributed by atoms with E-state index in [1.54, 1.807) is 11.3 Å². The highest BCUT2D eigenvalue weighted by Gasteiger charge is 2.25. The first kappa shape index (κ1) is 20.6. The number of aromatic nitrogens is 3. The van der Waals surface area contributed by atoms with Crippen LogP contribution in [0.5, 0.6) is 0 Å². The number of amides is 1. The van der Waals surface area contributed by atoms with Gasteiger partial charge in [0.1, 0.15) is 0 Å². The Morgan fingerprint density at radius 3 is 2.66 bits per heavy atom. The van der Waals surface area contributed by atoms with Crippen molar-refractivity contribution >= 4 is 27.3 Å². The zero-order chi connectivity index (χ0) is 20.6. The van der Waals surface area contributed by atoms with E-state index in [4.69, 9.17) is 10.1 Å². The first-order valence-corrected chi connectivity index (χ1v) is 11.7. The molecular formula is C21H34N6OS. The van der Waals surface area contributed by atoms with E-state index in [0.29, 0.717) is 12.6 Å². The maximum absolute atomic E-state index is 12.4. The van der Waals surface area contributed by atoms with Gasteiger partial charge in [-0.2, -0.15) is 0 Å². The summed E-state index contributed by atoms with van der Waals surface area (Å²) in [5.41, 5.74) is 1.11. The minimum Gasteiger partial charge on any atom is -0.352 e. The third-order valence-corrected chi connectivity index (χ3v) is 7.10. The lowest BCUT2D eigenvalue weighted by Gasteiger charge is -2.34. The van der Waals surface area contributed by atoms with Gasteiger partial charge < -0.3 is 10.2 Å². The fourth-order valence-corrected chi connectivity index (χ4v) is 5.25. The van der Waals surface area contributed by atoms with Gasteiger partial charge in [-0.15, -0.1) is 5.10 Å². The summed E-state index contributed by atoms with van der Waals surface area (Å²) in [7, 11) is 0. The molecule has 2 atom stereocenters. The molecule has 0 aromatic carbocycles. The molecule has 0 spiro atoms. The van der Waals surface area contributed by atoms with E-state index in [9.17, 15) is 4.79 Å². The second-order valence-corrected chi connectivity index (χ2v) is 10.7. The van der Waals surface area contributed by atoms with Gasteiger partial charge in [0, 0.05) is 37.6 Å². The highest BCUT2D eigenvalue weighted by molar-refractivity contribution is 7.20. The molecule has 29 heavy (non-hydrogen) atoms. The number of piperazine rings is 1. The van der Waals surface area contributed by atoms with E-state index in [1.807, 2.05) is 10.7 Å². The van der Waals surface area contributed by atoms with Crippen LogP contribution in [0.1, 0.15) is 59.1 Å². The zero-order valence-corrected chi connectivity index (χ0v) is 19.0. The third-order valence-electron chi connectivity index (χ3n) is 6.11. The summed E-state index contributed by atoms with van der Waals surface area (Å²) in [6.07, 6.45) is 6.84. The van der Waals surface area contributed by atoms with Crippen LogP contribution < -0.4 is 10.2 Å². The molecular weight excluding hydrogens is 384 g/mol. The molecule has 1 saturated carbocycles. The molecule has 2 unspecified atom stereocenters. The number of nitrogens with one attached hydrogen (secondary N) is 1. The smallest absolute Gasteiger partial charge is 0.234 e. The van der Waals surface area contributed by atoms with Crippen LogP contribution in [0.25, 0.3) is 4.96 Å². The van der Waals surface area contributed by atoms with Crippen LogP contribution in [0, 0.1) is 5.92 Å². The summed E-state index contributed by atoms with van der Waals surface area (Å²) in [5, 5.41) is 9.02. The maximum Gasteiger partial charge on any atom is 0.234 e. The highest BCUT2D eigenvalue weighted by atomic mass is 32.1. The summed E-state index contributed by atoms with van der Waals surface area (Å²) in [6, 6.07) is 0.372. The number of hydrogen-bond donors (Lipinski definition) is 1. The molecule has 8 heteroatoms. The van der Waals surface area contributed by atoms with Crippen molar-refractivity contribution in [3.8, 4) is 0 Å². The monoisotopic (exact) mass is 418 g/mol. The Morgan fingerprint density at radius 1 is 1.24 bits per heavy atom. The van der Waals surface area contributed by atoms with Crippen LogP contribution in [0.15, 0.2) is 6.20 Å². The van der Waals surface area contributed by atoms with Crippen molar-refractivity contribution in [3.05, 3.63) is 11.9 Å². The van der Waals surface area contributed by atoms with Crippen molar-refractivity contribution in [1.82, 2.24) is 24.8 Å². The second-order valence-electron chi connectivity index (χ2n) is 9.79. The molecule has 160 valence electrons. The van der Waals surface area contributed by atoms with Gasteiger partial charge in [-0.1, -0.05) is 51.9 Å². The lowest BCUT2D eigenvalue weighted by molar-refractivity contribution is -0.123. The first-order valence-electron chi connectivity index (χ1n) is 10.9. The topological polar surface area (TPSA) is 65.8 Å². The Labute approximate surface area is 177 Å². The predicted octanol–water partition coefficient (Wildman–Crippen LogP) is 2.91. The normalized spacial score (nSPS) is 24.2. The number of nitrogens with zero attached hydrogens (tertiary/aromatic N) is 5. The summed E-state index contributed by atoms with van der Waals surface area (Å²) in [6.45, 7) is 12.9. The van der Waals surface area contributed by atoms with Crippen LogP contribution in [0.4, 0.5) is 5.13 Å². The molecule has 2 aliphatic rings. The minimum atomic E-state index is 0.0372. The first-order chi connectivity index (χ1) is 13.8. The van der Waals surface area contributed by atoms with Gasteiger partial charge in [-0.05, 0) is 18.8 Å². The number of imidazole rings is 1. The molecule has 1 N–H and O–H groups in total. The van der Waals surface area contributed by atoms with E-state index < -0.39 is 0 Å². The number of hydrogen-bond acceptors (Lipinski definition) is 6. The van der Waals surface area contributed by atoms with Gasteiger partial charge >= 0.3 is 0 Å². The van der Waals surface area contributed by atoms with Gasteiger partial charge in [0.2, 0.25) is 16.0 Å². The SMILES string of the molecule is CC1CCCC(NC(=O)CN2CCN(c3nn4cc(C(C)(C)C)nc4s3)CC2)C1. The zero-order valence-electron chi connectivity index (χ0n) is 18.1. The van der Waals surface area contributed by atoms with E-state index in [-0.39, 0.29) is 11.3 Å². The summed E-state index contributed by atoms with van der Waals surface area (Å²) in [4.78, 5) is 22.7. The molecule has 3 heterocycles. The summed E-state index contributed by atoms with van der Waals surface area (Å²) >= 11 is 1.65. The molecule has 0 radical (unpaired) electrons. The standard InChI is InChI=1S/C21H34N6OS/c1-15-6-5-7-16(12-15)22-18(28)14-25-8-10-26(11-9-25)20-24-27-13-17(21(2,3)4)23-19(27)29-20/h13,15-16H,5-12,14H2,1-4H3,(H,22,28). The molecule has 0 bridgehead atoms. The fourth-order valence-electron chi connectivity index (χ4n) is 4.32. The summed E-state index contributed by atoms with van der Waals surface area (Å²) < 4.78 is 1.91. The second kappa shape index (κ2) is 8.22. The number of rotatable bonds is 4. The molecule has 2 fully saturated rings. The van der Waals surface area contributed by atoms with Crippen molar-refractivity contribution < 1.29 is 4.79 Å². The Hall–Kier alpha value is -1.67. The molecule has 2 aromatic heterocycles. The average Bonchev–Trinajstić information content (AvgIpc) is 3.21. The average molecular weight is 419 g/mol. The molecule has 1 amide bonds. The quantitative estimate of drug-likeness (QED) is 0.827. The Kier molecular flexibility index (Phi) is 5.84. The maximum atomic E-state index is 12.4. The van der Waals surface area contributed by atoms with Gasteiger partial charge in [-0.3, -0.25) is 9.69 Å².